The molecule has 0 saturated heterocycles. The van der Waals surface area contributed by atoms with E-state index in [9.17, 15) is 4.79 Å². The largest absolute Gasteiger partial charge is 0.475 e. The molecule has 0 saturated carbocycles. The summed E-state index contributed by atoms with van der Waals surface area (Å²) in [4.78, 5) is 20.9. The average molecular weight is 377 g/mol. The van der Waals surface area contributed by atoms with Crippen molar-refractivity contribution in [3.8, 4) is 5.88 Å². The van der Waals surface area contributed by atoms with Crippen LogP contribution >= 0.6 is 11.6 Å². The van der Waals surface area contributed by atoms with Crippen LogP contribution in [-0.2, 0) is 4.74 Å². The van der Waals surface area contributed by atoms with E-state index in [4.69, 9.17) is 25.5 Å². The van der Waals surface area contributed by atoms with Gasteiger partial charge in [-0.15, -0.1) is 0 Å². The van der Waals surface area contributed by atoms with Gasteiger partial charge in [0.1, 0.15) is 23.4 Å². The molecule has 1 amide bonds. The molecule has 0 aromatic carbocycles. The van der Waals surface area contributed by atoms with Crippen LogP contribution < -0.4 is 15.4 Å². The van der Waals surface area contributed by atoms with Crippen LogP contribution in [0, 0.1) is 0 Å². The first-order valence-corrected chi connectivity index (χ1v) is 8.15. The van der Waals surface area contributed by atoms with Crippen molar-refractivity contribution in [3.63, 3.8) is 0 Å². The van der Waals surface area contributed by atoms with E-state index in [1.54, 1.807) is 38.6 Å². The average Bonchev–Trinajstić information content (AvgIpc) is 3.03. The van der Waals surface area contributed by atoms with Crippen LogP contribution in [0.15, 0.2) is 35.0 Å². The molecule has 0 aliphatic rings. The first kappa shape index (κ1) is 18.0. The monoisotopic (exact) mass is 376 g/mol. The third kappa shape index (κ3) is 3.71. The second kappa shape index (κ2) is 8.03. The maximum Gasteiger partial charge on any atom is 0.294 e. The molecule has 3 heterocycles. The van der Waals surface area contributed by atoms with Gasteiger partial charge >= 0.3 is 0 Å². The van der Waals surface area contributed by atoms with E-state index in [1.165, 1.54) is 6.20 Å². The maximum atomic E-state index is 12.6. The van der Waals surface area contributed by atoms with Gasteiger partial charge in [-0.25, -0.2) is 9.97 Å². The van der Waals surface area contributed by atoms with Gasteiger partial charge in [0, 0.05) is 32.6 Å². The fourth-order valence-electron chi connectivity index (χ4n) is 2.37. The fourth-order valence-corrected chi connectivity index (χ4v) is 2.48. The summed E-state index contributed by atoms with van der Waals surface area (Å²) in [5.41, 5.74) is 0.956. The number of nitrogens with zero attached hydrogens (tertiary/aromatic N) is 2. The summed E-state index contributed by atoms with van der Waals surface area (Å²) in [5.74, 6) is 0.361. The van der Waals surface area contributed by atoms with Crippen molar-refractivity contribution < 1.29 is 18.7 Å². The second-order valence-corrected chi connectivity index (χ2v) is 5.64. The van der Waals surface area contributed by atoms with Crippen molar-refractivity contribution in [2.24, 2.45) is 0 Å². The summed E-state index contributed by atoms with van der Waals surface area (Å²) in [6.07, 6.45) is 3.00. The van der Waals surface area contributed by atoms with Crippen molar-refractivity contribution in [2.75, 3.05) is 38.0 Å². The molecule has 0 spiro atoms. The van der Waals surface area contributed by atoms with Crippen molar-refractivity contribution in [1.29, 1.82) is 0 Å². The molecule has 3 rings (SSSR count). The molecule has 0 fully saturated rings. The van der Waals surface area contributed by atoms with E-state index in [1.807, 2.05) is 0 Å². The van der Waals surface area contributed by atoms with Crippen LogP contribution in [0.2, 0.25) is 5.02 Å². The zero-order valence-electron chi connectivity index (χ0n) is 14.2. The van der Waals surface area contributed by atoms with Crippen LogP contribution in [0.1, 0.15) is 10.6 Å². The van der Waals surface area contributed by atoms with Crippen molar-refractivity contribution in [2.45, 2.75) is 0 Å². The number of carbonyl (C=O) groups excluding carboxylic acids is 1. The number of fused-ring (bicyclic) bond motifs is 1. The van der Waals surface area contributed by atoms with Crippen molar-refractivity contribution >= 4 is 40.0 Å². The van der Waals surface area contributed by atoms with E-state index in [-0.39, 0.29) is 5.76 Å². The molecule has 0 radical (unpaired) electrons. The highest BCUT2D eigenvalue weighted by Gasteiger charge is 2.23. The van der Waals surface area contributed by atoms with E-state index < -0.39 is 5.91 Å². The van der Waals surface area contributed by atoms with Gasteiger partial charge in [0.15, 0.2) is 0 Å². The zero-order valence-corrected chi connectivity index (χ0v) is 15.0. The number of methoxy groups -OCH3 is 1. The Balaban J connectivity index is 1.93. The number of amides is 1. The Morgan fingerprint density at radius 1 is 1.27 bits per heavy atom. The summed E-state index contributed by atoms with van der Waals surface area (Å²) in [6.45, 7) is 0.744. The van der Waals surface area contributed by atoms with Gasteiger partial charge in [0.2, 0.25) is 11.6 Å². The number of rotatable bonds is 7. The molecule has 136 valence electrons. The molecular formula is C17H17ClN4O4. The molecule has 0 unspecified atom stereocenters. The van der Waals surface area contributed by atoms with E-state index >= 15 is 0 Å². The van der Waals surface area contributed by atoms with Crippen LogP contribution in [0.25, 0.3) is 11.0 Å². The Morgan fingerprint density at radius 3 is 2.81 bits per heavy atom. The summed E-state index contributed by atoms with van der Waals surface area (Å²) in [5, 5.41) is 6.71. The highest BCUT2D eigenvalue weighted by molar-refractivity contribution is 6.30. The van der Waals surface area contributed by atoms with Crippen molar-refractivity contribution in [1.82, 2.24) is 9.97 Å². The Morgan fingerprint density at radius 2 is 2.12 bits per heavy atom. The number of pyridine rings is 2. The predicted octanol–water partition coefficient (Wildman–Crippen LogP) is 3.20. The zero-order chi connectivity index (χ0) is 18.5. The number of furan rings is 1. The summed E-state index contributed by atoms with van der Waals surface area (Å²) < 4.78 is 16.3. The fraction of sp³-hybridized carbons (Fsp3) is 0.235. The first-order valence-electron chi connectivity index (χ1n) is 7.78. The number of nitrogens with one attached hydrogen (secondary N) is 2. The molecular weight excluding hydrogens is 360 g/mol. The standard InChI is InChI=1S/C17H17ClN4O4/c1-19-14-13-11(5-6-20-17(13)25-8-7-24-2)26-15(14)16(23)22-12-4-3-10(18)9-21-12/h3-6,9,19H,7-8H2,1-2H3,(H,21,22,23). The SMILES string of the molecule is CNc1c(C(=O)Nc2ccc(Cl)cn2)oc2ccnc(OCCOC)c12. The molecule has 0 aliphatic heterocycles. The van der Waals surface area contributed by atoms with Gasteiger partial charge in [0.05, 0.1) is 17.3 Å². The molecule has 3 aromatic heterocycles. The topological polar surface area (TPSA) is 98.5 Å². The molecule has 0 bridgehead atoms. The lowest BCUT2D eigenvalue weighted by molar-refractivity contribution is 0.0999. The Hall–Kier alpha value is -2.84. The highest BCUT2D eigenvalue weighted by atomic mass is 35.5. The van der Waals surface area contributed by atoms with Gasteiger partial charge < -0.3 is 24.5 Å². The van der Waals surface area contributed by atoms with Gasteiger partial charge in [-0.2, -0.15) is 0 Å². The Kier molecular flexibility index (Phi) is 5.55. The normalized spacial score (nSPS) is 10.7. The molecule has 0 atom stereocenters. The quantitative estimate of drug-likeness (QED) is 0.611. The summed E-state index contributed by atoms with van der Waals surface area (Å²) in [6, 6.07) is 4.90. The molecule has 8 nitrogen and oxygen atoms in total. The van der Waals surface area contributed by atoms with Gasteiger partial charge in [-0.3, -0.25) is 4.79 Å². The van der Waals surface area contributed by atoms with Crippen LogP contribution in [0.5, 0.6) is 5.88 Å². The highest BCUT2D eigenvalue weighted by Crippen LogP contribution is 2.36. The smallest absolute Gasteiger partial charge is 0.294 e. The minimum atomic E-state index is -0.455. The Labute approximate surface area is 154 Å². The van der Waals surface area contributed by atoms with Gasteiger partial charge in [0.25, 0.3) is 5.91 Å². The first-order chi connectivity index (χ1) is 12.6. The number of ether oxygens (including phenoxy) is 2. The molecule has 0 aliphatic carbocycles. The van der Waals surface area contributed by atoms with Gasteiger partial charge in [-0.1, -0.05) is 11.6 Å². The molecule has 3 aromatic rings. The van der Waals surface area contributed by atoms with E-state index in [0.717, 1.165) is 0 Å². The minimum Gasteiger partial charge on any atom is -0.475 e. The lowest BCUT2D eigenvalue weighted by Gasteiger charge is -2.07. The second-order valence-electron chi connectivity index (χ2n) is 5.20. The number of aromatic nitrogens is 2. The lowest BCUT2D eigenvalue weighted by atomic mass is 10.2. The predicted molar refractivity (Wildman–Crippen MR) is 98.1 cm³/mol. The third-order valence-corrected chi connectivity index (χ3v) is 3.74. The van der Waals surface area contributed by atoms with Crippen LogP contribution in [0.4, 0.5) is 11.5 Å². The molecule has 9 heteroatoms. The number of hydrogen-bond acceptors (Lipinski definition) is 7. The third-order valence-electron chi connectivity index (χ3n) is 3.52. The summed E-state index contributed by atoms with van der Waals surface area (Å²) in [7, 11) is 3.27. The number of anilines is 2. The van der Waals surface area contributed by atoms with Crippen LogP contribution in [-0.4, -0.2) is 43.2 Å². The number of hydrogen-bond donors (Lipinski definition) is 2. The molecule has 26 heavy (non-hydrogen) atoms. The molecule has 2 N–H and O–H groups in total. The lowest BCUT2D eigenvalue weighted by Crippen LogP contribution is -2.13. The summed E-state index contributed by atoms with van der Waals surface area (Å²) >= 11 is 5.80. The maximum absolute atomic E-state index is 12.6. The van der Waals surface area contributed by atoms with Crippen LogP contribution in [0.3, 0.4) is 0 Å². The van der Waals surface area contributed by atoms with E-state index in [2.05, 4.69) is 20.6 Å². The number of halogens is 1. The number of carbonyl (C=O) groups is 1. The van der Waals surface area contributed by atoms with Crippen molar-refractivity contribution in [3.05, 3.63) is 41.4 Å². The minimum absolute atomic E-state index is 0.101. The Bertz CT molecular complexity index is 911. The van der Waals surface area contributed by atoms with Gasteiger partial charge in [-0.05, 0) is 12.1 Å². The van der Waals surface area contributed by atoms with E-state index in [0.29, 0.717) is 46.6 Å².